The van der Waals surface area contributed by atoms with Crippen LogP contribution in [-0.2, 0) is 17.9 Å². The number of hydrogen-bond donors (Lipinski definition) is 0. The number of halogens is 1. The Morgan fingerprint density at radius 1 is 0.950 bits per heavy atom. The maximum atomic E-state index is 13.6. The van der Waals surface area contributed by atoms with Crippen molar-refractivity contribution < 1.29 is 9.53 Å². The van der Waals surface area contributed by atoms with Crippen molar-refractivity contribution >= 4 is 23.2 Å². The molecular weight excluding hydrogens is 518 g/mol. The highest BCUT2D eigenvalue weighted by atomic mass is 35.5. The van der Waals surface area contributed by atoms with Crippen LogP contribution >= 0.6 is 11.6 Å². The molecule has 5 rings (SSSR count). The predicted octanol–water partition coefficient (Wildman–Crippen LogP) is 6.96. The van der Waals surface area contributed by atoms with Crippen LogP contribution in [0.5, 0.6) is 5.75 Å². The Hall–Kier alpha value is -3.02. The summed E-state index contributed by atoms with van der Waals surface area (Å²) in [7, 11) is 1.91. The average Bonchev–Trinajstić information content (AvgIpc) is 3.50. The highest BCUT2D eigenvalue weighted by molar-refractivity contribution is 6.31. The Morgan fingerprint density at radius 3 is 2.42 bits per heavy atom. The number of benzene rings is 3. The lowest BCUT2D eigenvalue weighted by Crippen LogP contribution is -2.48. The summed E-state index contributed by atoms with van der Waals surface area (Å²) in [5, 5.41) is 0.736. The summed E-state index contributed by atoms with van der Waals surface area (Å²) >= 11 is 6.25. The Labute approximate surface area is 244 Å². The molecule has 0 unspecified atom stereocenters. The van der Waals surface area contributed by atoms with Crippen molar-refractivity contribution in [2.45, 2.75) is 52.1 Å². The zero-order valence-corrected chi connectivity index (χ0v) is 24.7. The van der Waals surface area contributed by atoms with E-state index < -0.39 is 0 Å². The molecule has 2 fully saturated rings. The lowest BCUT2D eigenvalue weighted by molar-refractivity contribution is -0.135. The summed E-state index contributed by atoms with van der Waals surface area (Å²) < 4.78 is 6.39. The Kier molecular flexibility index (Phi) is 9.33. The van der Waals surface area contributed by atoms with E-state index in [1.807, 2.05) is 55.3 Å². The topological polar surface area (TPSA) is 36.0 Å². The number of anilines is 1. The minimum Gasteiger partial charge on any atom is -0.493 e. The lowest BCUT2D eigenvalue weighted by atomic mass is 9.77. The molecule has 2 heterocycles. The first-order chi connectivity index (χ1) is 19.4. The summed E-state index contributed by atoms with van der Waals surface area (Å²) in [6.45, 7) is 8.17. The molecule has 0 bridgehead atoms. The largest absolute Gasteiger partial charge is 0.493 e. The molecule has 0 spiro atoms. The molecule has 5 nitrogen and oxygen atoms in total. The fourth-order valence-electron chi connectivity index (χ4n) is 6.15. The third kappa shape index (κ3) is 7.38. The summed E-state index contributed by atoms with van der Waals surface area (Å²) in [6, 6.07) is 25.1. The van der Waals surface area contributed by atoms with E-state index in [1.54, 1.807) is 0 Å². The smallest absolute Gasteiger partial charge is 0.223 e. The molecule has 1 amide bonds. The van der Waals surface area contributed by atoms with Gasteiger partial charge in [-0.2, -0.15) is 0 Å². The van der Waals surface area contributed by atoms with Gasteiger partial charge in [0.2, 0.25) is 5.91 Å². The summed E-state index contributed by atoms with van der Waals surface area (Å²) in [5.74, 6) is 0.970. The molecule has 2 saturated heterocycles. The summed E-state index contributed by atoms with van der Waals surface area (Å²) in [5.41, 5.74) is 4.52. The molecule has 3 aromatic rings. The van der Waals surface area contributed by atoms with Gasteiger partial charge in [-0.1, -0.05) is 54.1 Å². The van der Waals surface area contributed by atoms with Gasteiger partial charge in [-0.3, -0.25) is 9.69 Å². The highest BCUT2D eigenvalue weighted by Crippen LogP contribution is 2.36. The number of hydrogen-bond acceptors (Lipinski definition) is 4. The molecule has 212 valence electrons. The second kappa shape index (κ2) is 13.1. The molecule has 2 aliphatic heterocycles. The number of carbonyl (C=O) groups is 1. The fraction of sp³-hybridized carbons (Fsp3) is 0.441. The van der Waals surface area contributed by atoms with E-state index in [2.05, 4.69) is 46.2 Å². The summed E-state index contributed by atoms with van der Waals surface area (Å²) in [4.78, 5) is 20.4. The normalized spacial score (nSPS) is 19.5. The van der Waals surface area contributed by atoms with Crippen molar-refractivity contribution in [3.8, 4) is 5.75 Å². The first-order valence-corrected chi connectivity index (χ1v) is 15.0. The van der Waals surface area contributed by atoms with E-state index in [-0.39, 0.29) is 11.3 Å². The van der Waals surface area contributed by atoms with E-state index >= 15 is 0 Å². The molecule has 40 heavy (non-hydrogen) atoms. The Bertz CT molecular complexity index is 1260. The maximum Gasteiger partial charge on any atom is 0.223 e. The third-order valence-corrected chi connectivity index (χ3v) is 8.87. The number of rotatable bonds is 10. The molecule has 1 atom stereocenters. The second-order valence-electron chi connectivity index (χ2n) is 11.8. The van der Waals surface area contributed by atoms with Crippen molar-refractivity contribution in [3.05, 3.63) is 94.5 Å². The van der Waals surface area contributed by atoms with Crippen molar-refractivity contribution in [1.29, 1.82) is 0 Å². The third-order valence-electron chi connectivity index (χ3n) is 8.44. The number of aryl methyl sites for hydroxylation is 1. The Balaban J connectivity index is 1.29. The van der Waals surface area contributed by atoms with Gasteiger partial charge in [0.15, 0.2) is 0 Å². The van der Waals surface area contributed by atoms with Crippen molar-refractivity contribution in [3.63, 3.8) is 0 Å². The van der Waals surface area contributed by atoms with Gasteiger partial charge in [-0.15, -0.1) is 0 Å². The van der Waals surface area contributed by atoms with Crippen LogP contribution in [0.15, 0.2) is 72.8 Å². The SMILES string of the molecule is Cc1cc(OC[C@@]2(CC(=O)N(C)Cc3ccccc3)CCCN(Cc3ccc(N4CCCC4)cc3)C2)ccc1Cl. The van der Waals surface area contributed by atoms with Gasteiger partial charge in [0.1, 0.15) is 5.75 Å². The number of carbonyl (C=O) groups excluding carboxylic acids is 1. The first-order valence-electron chi connectivity index (χ1n) is 14.6. The van der Waals surface area contributed by atoms with Crippen molar-refractivity contribution in [1.82, 2.24) is 9.80 Å². The first kappa shape index (κ1) is 28.5. The number of likely N-dealkylation sites (tertiary alicyclic amines) is 1. The van der Waals surface area contributed by atoms with Gasteiger partial charge in [0.25, 0.3) is 0 Å². The van der Waals surface area contributed by atoms with Crippen LogP contribution in [0.3, 0.4) is 0 Å². The van der Waals surface area contributed by atoms with Crippen LogP contribution in [0.4, 0.5) is 5.69 Å². The van der Waals surface area contributed by atoms with Gasteiger partial charge in [-0.25, -0.2) is 0 Å². The average molecular weight is 560 g/mol. The van der Waals surface area contributed by atoms with Crippen molar-refractivity contribution in [2.75, 3.05) is 44.7 Å². The van der Waals surface area contributed by atoms with E-state index in [0.717, 1.165) is 67.5 Å². The van der Waals surface area contributed by atoms with Gasteiger partial charge in [0.05, 0.1) is 6.61 Å². The van der Waals surface area contributed by atoms with Crippen LogP contribution < -0.4 is 9.64 Å². The van der Waals surface area contributed by atoms with Gasteiger partial charge >= 0.3 is 0 Å². The van der Waals surface area contributed by atoms with Crippen LogP contribution in [0.1, 0.15) is 48.8 Å². The van der Waals surface area contributed by atoms with E-state index in [0.29, 0.717) is 19.6 Å². The second-order valence-corrected chi connectivity index (χ2v) is 12.2. The number of nitrogens with zero attached hydrogens (tertiary/aromatic N) is 3. The van der Waals surface area contributed by atoms with E-state index in [4.69, 9.17) is 16.3 Å². The van der Waals surface area contributed by atoms with Crippen LogP contribution in [0.2, 0.25) is 5.02 Å². The fourth-order valence-corrected chi connectivity index (χ4v) is 6.27. The lowest BCUT2D eigenvalue weighted by Gasteiger charge is -2.43. The quantitative estimate of drug-likeness (QED) is 0.269. The minimum atomic E-state index is -0.261. The summed E-state index contributed by atoms with van der Waals surface area (Å²) in [6.07, 6.45) is 5.05. The Morgan fingerprint density at radius 2 is 1.70 bits per heavy atom. The van der Waals surface area contributed by atoms with Crippen LogP contribution in [-0.4, -0.2) is 55.5 Å². The van der Waals surface area contributed by atoms with Gasteiger partial charge in [0, 0.05) is 62.3 Å². The maximum absolute atomic E-state index is 13.6. The molecule has 0 aromatic heterocycles. The molecule has 0 radical (unpaired) electrons. The molecule has 6 heteroatoms. The van der Waals surface area contributed by atoms with Crippen LogP contribution in [0.25, 0.3) is 0 Å². The standard InChI is InChI=1S/C34H42ClN3O2/c1-27-21-31(15-16-32(27)35)40-26-34(22-33(39)36(2)23-28-9-4-3-5-10-28)17-8-18-37(25-34)24-29-11-13-30(14-12-29)38-19-6-7-20-38/h3-5,9-16,21H,6-8,17-20,22-26H2,1-2H3/t34-/m1/s1. The highest BCUT2D eigenvalue weighted by Gasteiger charge is 2.39. The van der Waals surface area contributed by atoms with Crippen molar-refractivity contribution in [2.24, 2.45) is 5.41 Å². The number of ether oxygens (including phenoxy) is 1. The van der Waals surface area contributed by atoms with E-state index in [1.165, 1.54) is 24.1 Å². The molecule has 2 aliphatic rings. The number of piperidine rings is 1. The van der Waals surface area contributed by atoms with Gasteiger partial charge in [-0.05, 0) is 86.2 Å². The minimum absolute atomic E-state index is 0.163. The molecule has 3 aromatic carbocycles. The monoisotopic (exact) mass is 559 g/mol. The molecule has 0 N–H and O–H groups in total. The molecular formula is C34H42ClN3O2. The molecule has 0 aliphatic carbocycles. The zero-order valence-electron chi connectivity index (χ0n) is 23.9. The predicted molar refractivity (Wildman–Crippen MR) is 164 cm³/mol. The van der Waals surface area contributed by atoms with Crippen LogP contribution in [0, 0.1) is 12.3 Å². The zero-order chi connectivity index (χ0) is 28.0. The van der Waals surface area contributed by atoms with Gasteiger partial charge < -0.3 is 14.5 Å². The van der Waals surface area contributed by atoms with E-state index in [9.17, 15) is 4.79 Å². The number of amides is 1. The molecule has 0 saturated carbocycles.